The molecule has 0 amide bonds. The predicted molar refractivity (Wildman–Crippen MR) is 77.8 cm³/mol. The lowest BCUT2D eigenvalue weighted by molar-refractivity contribution is 0.0696. The SMILES string of the molecule is Cc1nc(NS(=O)(=O)c2cc(C(=O)O)cc(C)c2Br)n[nH]1. The van der Waals surface area contributed by atoms with Gasteiger partial charge in [0.2, 0.25) is 0 Å². The highest BCUT2D eigenvalue weighted by Crippen LogP contribution is 2.28. The van der Waals surface area contributed by atoms with Gasteiger partial charge in [-0.1, -0.05) is 0 Å². The molecule has 1 heterocycles. The molecule has 0 saturated carbocycles. The van der Waals surface area contributed by atoms with Crippen LogP contribution in [0.1, 0.15) is 21.7 Å². The van der Waals surface area contributed by atoms with Gasteiger partial charge in [0, 0.05) is 4.47 Å². The quantitative estimate of drug-likeness (QED) is 0.747. The molecule has 0 aliphatic rings. The van der Waals surface area contributed by atoms with Gasteiger partial charge in [-0.3, -0.25) is 5.10 Å². The first-order valence-corrected chi connectivity index (χ1v) is 7.93. The Bertz CT molecular complexity index is 816. The van der Waals surface area contributed by atoms with Crippen LogP contribution in [0, 0.1) is 13.8 Å². The molecule has 21 heavy (non-hydrogen) atoms. The molecule has 0 radical (unpaired) electrons. The summed E-state index contributed by atoms with van der Waals surface area (Å²) in [7, 11) is -4.01. The zero-order chi connectivity index (χ0) is 15.8. The molecule has 2 aromatic rings. The van der Waals surface area contributed by atoms with E-state index in [0.29, 0.717) is 11.4 Å². The third-order valence-electron chi connectivity index (χ3n) is 2.58. The Hall–Kier alpha value is -1.94. The smallest absolute Gasteiger partial charge is 0.335 e. The van der Waals surface area contributed by atoms with Gasteiger partial charge < -0.3 is 5.11 Å². The highest BCUT2D eigenvalue weighted by molar-refractivity contribution is 9.10. The fourth-order valence-electron chi connectivity index (χ4n) is 1.62. The molecule has 1 aromatic heterocycles. The van der Waals surface area contributed by atoms with Crippen LogP contribution in [0.15, 0.2) is 21.5 Å². The number of anilines is 1. The minimum absolute atomic E-state index is 0.113. The average Bonchev–Trinajstić information content (AvgIpc) is 2.76. The maximum Gasteiger partial charge on any atom is 0.335 e. The van der Waals surface area contributed by atoms with Gasteiger partial charge >= 0.3 is 5.97 Å². The second-order valence-electron chi connectivity index (χ2n) is 4.26. The number of nitrogens with zero attached hydrogens (tertiary/aromatic N) is 2. The van der Waals surface area contributed by atoms with Gasteiger partial charge in [-0.25, -0.2) is 17.9 Å². The Morgan fingerprint density at radius 2 is 2.05 bits per heavy atom. The molecule has 1 aromatic carbocycles. The van der Waals surface area contributed by atoms with Gasteiger partial charge in [0.05, 0.1) is 5.56 Å². The molecule has 0 fully saturated rings. The van der Waals surface area contributed by atoms with E-state index in [1.165, 1.54) is 6.07 Å². The minimum Gasteiger partial charge on any atom is -0.478 e. The highest BCUT2D eigenvalue weighted by Gasteiger charge is 2.23. The normalized spacial score (nSPS) is 11.4. The zero-order valence-electron chi connectivity index (χ0n) is 11.0. The number of H-pyrrole nitrogens is 1. The maximum absolute atomic E-state index is 12.3. The molecule has 8 nitrogen and oxygen atoms in total. The Morgan fingerprint density at radius 3 is 2.57 bits per heavy atom. The molecule has 112 valence electrons. The molecule has 0 aliphatic heterocycles. The average molecular weight is 375 g/mol. The number of halogens is 1. The first kappa shape index (κ1) is 15.4. The number of aromatic carboxylic acids is 1. The van der Waals surface area contributed by atoms with E-state index in [0.717, 1.165) is 6.07 Å². The summed E-state index contributed by atoms with van der Waals surface area (Å²) in [5, 5.41) is 15.2. The summed E-state index contributed by atoms with van der Waals surface area (Å²) in [6.07, 6.45) is 0. The molecule has 2 rings (SSSR count). The van der Waals surface area contributed by atoms with Gasteiger partial charge in [0.25, 0.3) is 16.0 Å². The molecule has 0 bridgehead atoms. The van der Waals surface area contributed by atoms with E-state index in [4.69, 9.17) is 5.11 Å². The van der Waals surface area contributed by atoms with Crippen molar-refractivity contribution in [1.29, 1.82) is 0 Å². The second kappa shape index (κ2) is 5.45. The molecule has 10 heteroatoms. The van der Waals surface area contributed by atoms with Gasteiger partial charge in [0.1, 0.15) is 10.7 Å². The van der Waals surface area contributed by atoms with Crippen molar-refractivity contribution in [2.24, 2.45) is 0 Å². The number of carboxylic acid groups (broad SMARTS) is 1. The van der Waals surface area contributed by atoms with Crippen molar-refractivity contribution in [3.63, 3.8) is 0 Å². The van der Waals surface area contributed by atoms with E-state index in [9.17, 15) is 13.2 Å². The van der Waals surface area contributed by atoms with Gasteiger partial charge in [0.15, 0.2) is 0 Å². The van der Waals surface area contributed by atoms with E-state index in [1.807, 2.05) is 0 Å². The topological polar surface area (TPSA) is 125 Å². The first-order valence-electron chi connectivity index (χ1n) is 5.66. The number of benzene rings is 1. The van der Waals surface area contributed by atoms with Crippen LogP contribution in [-0.2, 0) is 10.0 Å². The van der Waals surface area contributed by atoms with Crippen LogP contribution in [0.25, 0.3) is 0 Å². The lowest BCUT2D eigenvalue weighted by Gasteiger charge is -2.10. The first-order chi connectivity index (χ1) is 9.70. The molecular formula is C11H11BrN4O4S. The van der Waals surface area contributed by atoms with Gasteiger partial charge in [-0.2, -0.15) is 4.98 Å². The van der Waals surface area contributed by atoms with Crippen molar-refractivity contribution in [3.8, 4) is 0 Å². The number of carboxylic acids is 1. The van der Waals surface area contributed by atoms with Crippen molar-refractivity contribution < 1.29 is 18.3 Å². The number of carbonyl (C=O) groups is 1. The molecular weight excluding hydrogens is 364 g/mol. The summed E-state index contributed by atoms with van der Waals surface area (Å²) in [5.41, 5.74) is 0.365. The van der Waals surface area contributed by atoms with Crippen LogP contribution in [0.5, 0.6) is 0 Å². The van der Waals surface area contributed by atoms with Gasteiger partial charge in [-0.05, 0) is 47.5 Å². The number of nitrogens with one attached hydrogen (secondary N) is 2. The fraction of sp³-hybridized carbons (Fsp3) is 0.182. The summed E-state index contributed by atoms with van der Waals surface area (Å²) in [6, 6.07) is 2.45. The summed E-state index contributed by atoms with van der Waals surface area (Å²) in [6.45, 7) is 3.22. The number of sulfonamides is 1. The van der Waals surface area contributed by atoms with Crippen molar-refractivity contribution in [2.45, 2.75) is 18.7 Å². The molecule has 0 saturated heterocycles. The summed E-state index contributed by atoms with van der Waals surface area (Å²) >= 11 is 3.16. The molecule has 0 aliphatic carbocycles. The Balaban J connectivity index is 2.51. The lowest BCUT2D eigenvalue weighted by atomic mass is 10.1. The fourth-order valence-corrected chi connectivity index (χ4v) is 3.61. The van der Waals surface area contributed by atoms with Crippen LogP contribution in [0.2, 0.25) is 0 Å². The monoisotopic (exact) mass is 374 g/mol. The van der Waals surface area contributed by atoms with Crippen LogP contribution in [-0.4, -0.2) is 34.7 Å². The predicted octanol–water partition coefficient (Wildman–Crippen LogP) is 1.68. The molecule has 3 N–H and O–H groups in total. The van der Waals surface area contributed by atoms with Crippen molar-refractivity contribution in [2.75, 3.05) is 4.72 Å². The molecule has 0 atom stereocenters. The number of hydrogen-bond donors (Lipinski definition) is 3. The third kappa shape index (κ3) is 3.22. The highest BCUT2D eigenvalue weighted by atomic mass is 79.9. The van der Waals surface area contributed by atoms with Crippen LogP contribution < -0.4 is 4.72 Å². The Morgan fingerprint density at radius 1 is 1.38 bits per heavy atom. The standard InChI is InChI=1S/C11H11BrN4O4S/c1-5-3-7(10(17)18)4-8(9(5)12)21(19,20)16-11-13-6(2)14-15-11/h3-4H,1-2H3,(H,17,18)(H2,13,14,15,16). The van der Waals surface area contributed by atoms with E-state index in [-0.39, 0.29) is 20.9 Å². The zero-order valence-corrected chi connectivity index (χ0v) is 13.4. The number of hydrogen-bond acceptors (Lipinski definition) is 5. The van der Waals surface area contributed by atoms with Crippen molar-refractivity contribution in [3.05, 3.63) is 33.6 Å². The van der Waals surface area contributed by atoms with E-state index in [1.54, 1.807) is 13.8 Å². The summed E-state index contributed by atoms with van der Waals surface area (Å²) in [5.74, 6) is -0.879. The molecule has 0 spiro atoms. The van der Waals surface area contributed by atoms with Crippen LogP contribution in [0.3, 0.4) is 0 Å². The third-order valence-corrected chi connectivity index (χ3v) is 5.25. The largest absolute Gasteiger partial charge is 0.478 e. The van der Waals surface area contributed by atoms with E-state index in [2.05, 4.69) is 35.8 Å². The van der Waals surface area contributed by atoms with Crippen molar-refractivity contribution >= 4 is 37.9 Å². The number of aromatic nitrogens is 3. The van der Waals surface area contributed by atoms with Gasteiger partial charge in [-0.15, -0.1) is 5.10 Å². The Kier molecular flexibility index (Phi) is 4.01. The summed E-state index contributed by atoms with van der Waals surface area (Å²) < 4.78 is 27.1. The molecule has 0 unspecified atom stereocenters. The number of aryl methyl sites for hydroxylation is 2. The minimum atomic E-state index is -4.01. The van der Waals surface area contributed by atoms with Crippen molar-refractivity contribution in [1.82, 2.24) is 15.2 Å². The lowest BCUT2D eigenvalue weighted by Crippen LogP contribution is -2.16. The Labute approximate surface area is 128 Å². The van der Waals surface area contributed by atoms with E-state index >= 15 is 0 Å². The summed E-state index contributed by atoms with van der Waals surface area (Å²) in [4.78, 5) is 14.7. The number of rotatable bonds is 4. The van der Waals surface area contributed by atoms with Crippen LogP contribution in [0.4, 0.5) is 5.95 Å². The number of aromatic amines is 1. The second-order valence-corrected chi connectivity index (χ2v) is 6.70. The maximum atomic E-state index is 12.3. The van der Waals surface area contributed by atoms with Crippen LogP contribution >= 0.6 is 15.9 Å². The van der Waals surface area contributed by atoms with E-state index < -0.39 is 16.0 Å².